The molecule has 1 heterocycles. The maximum atomic E-state index is 5.91. The van der Waals surface area contributed by atoms with E-state index in [0.29, 0.717) is 5.88 Å². The van der Waals surface area contributed by atoms with Gasteiger partial charge in [0.1, 0.15) is 0 Å². The Morgan fingerprint density at radius 2 is 2.00 bits per heavy atom. The van der Waals surface area contributed by atoms with Gasteiger partial charge in [0.15, 0.2) is 0 Å². The van der Waals surface area contributed by atoms with E-state index < -0.39 is 0 Å². The van der Waals surface area contributed by atoms with Crippen molar-refractivity contribution in [3.05, 3.63) is 52.8 Å². The summed E-state index contributed by atoms with van der Waals surface area (Å²) >= 11 is 5.91. The van der Waals surface area contributed by atoms with E-state index in [1.54, 1.807) is 0 Å². The predicted molar refractivity (Wildman–Crippen MR) is 71.4 cm³/mol. The molecule has 0 unspecified atom stereocenters. The van der Waals surface area contributed by atoms with Crippen LogP contribution in [-0.2, 0) is 18.8 Å². The molecule has 0 aliphatic carbocycles. The molecule has 1 aromatic carbocycles. The third-order valence-corrected chi connectivity index (χ3v) is 3.38. The second-order valence-corrected chi connectivity index (χ2v) is 4.46. The number of alkyl halides is 1. The van der Waals surface area contributed by atoms with E-state index in [9.17, 15) is 0 Å². The van der Waals surface area contributed by atoms with Crippen LogP contribution in [-0.4, -0.2) is 9.78 Å². The van der Waals surface area contributed by atoms with Crippen LogP contribution in [0.1, 0.15) is 29.3 Å². The van der Waals surface area contributed by atoms with Gasteiger partial charge in [-0.05, 0) is 24.5 Å². The molecule has 0 saturated carbocycles. The normalized spacial score (nSPS) is 10.8. The average Bonchev–Trinajstić information content (AvgIpc) is 2.74. The van der Waals surface area contributed by atoms with Crippen molar-refractivity contribution in [1.29, 1.82) is 0 Å². The topological polar surface area (TPSA) is 17.8 Å². The summed E-state index contributed by atoms with van der Waals surface area (Å²) in [6, 6.07) is 8.41. The third-order valence-electron chi connectivity index (χ3n) is 3.10. The van der Waals surface area contributed by atoms with E-state index >= 15 is 0 Å². The lowest BCUT2D eigenvalue weighted by Crippen LogP contribution is -2.07. The van der Waals surface area contributed by atoms with Crippen LogP contribution >= 0.6 is 11.6 Å². The van der Waals surface area contributed by atoms with E-state index in [0.717, 1.165) is 18.5 Å². The molecule has 0 atom stereocenters. The first kappa shape index (κ1) is 12.2. The second-order valence-electron chi connectivity index (χ2n) is 4.19. The van der Waals surface area contributed by atoms with Crippen LogP contribution in [0.2, 0.25) is 0 Å². The number of hydrogen-bond acceptors (Lipinski definition) is 1. The van der Waals surface area contributed by atoms with Gasteiger partial charge in [0, 0.05) is 11.3 Å². The SMILES string of the molecule is CCc1c(CCl)cnn1Cc1ccccc1C. The Balaban J connectivity index is 2.30. The monoisotopic (exact) mass is 248 g/mol. The highest BCUT2D eigenvalue weighted by Gasteiger charge is 2.09. The fourth-order valence-corrected chi connectivity index (χ4v) is 2.28. The number of nitrogens with zero attached hydrogens (tertiary/aromatic N) is 2. The molecule has 0 bridgehead atoms. The summed E-state index contributed by atoms with van der Waals surface area (Å²) in [6.07, 6.45) is 2.85. The van der Waals surface area contributed by atoms with E-state index in [-0.39, 0.29) is 0 Å². The van der Waals surface area contributed by atoms with Gasteiger partial charge in [-0.2, -0.15) is 5.10 Å². The molecule has 0 radical (unpaired) electrons. The first-order valence-corrected chi connectivity index (χ1v) is 6.43. The van der Waals surface area contributed by atoms with Gasteiger partial charge in [0.2, 0.25) is 0 Å². The minimum Gasteiger partial charge on any atom is -0.265 e. The number of hydrogen-bond donors (Lipinski definition) is 0. The van der Waals surface area contributed by atoms with Gasteiger partial charge in [-0.3, -0.25) is 4.68 Å². The van der Waals surface area contributed by atoms with Crippen molar-refractivity contribution in [1.82, 2.24) is 9.78 Å². The first-order chi connectivity index (χ1) is 8.26. The average molecular weight is 249 g/mol. The Bertz CT molecular complexity index is 503. The van der Waals surface area contributed by atoms with Crippen molar-refractivity contribution in [2.45, 2.75) is 32.7 Å². The zero-order valence-electron chi connectivity index (χ0n) is 10.3. The van der Waals surface area contributed by atoms with Crippen LogP contribution in [0, 0.1) is 6.92 Å². The molecule has 0 fully saturated rings. The molecule has 3 heteroatoms. The molecular weight excluding hydrogens is 232 g/mol. The molecule has 2 nitrogen and oxygen atoms in total. The van der Waals surface area contributed by atoms with E-state index in [1.807, 2.05) is 6.20 Å². The van der Waals surface area contributed by atoms with Gasteiger partial charge in [0.25, 0.3) is 0 Å². The number of halogens is 1. The van der Waals surface area contributed by atoms with Crippen LogP contribution in [0.25, 0.3) is 0 Å². The zero-order chi connectivity index (χ0) is 12.3. The summed E-state index contributed by atoms with van der Waals surface area (Å²) in [5, 5.41) is 4.43. The van der Waals surface area contributed by atoms with Crippen LogP contribution < -0.4 is 0 Å². The smallest absolute Gasteiger partial charge is 0.0665 e. The predicted octanol–water partition coefficient (Wildman–Crippen LogP) is 3.54. The molecule has 1 aromatic heterocycles. The quantitative estimate of drug-likeness (QED) is 0.757. The second kappa shape index (κ2) is 5.37. The number of aryl methyl sites for hydroxylation is 1. The molecule has 0 spiro atoms. The lowest BCUT2D eigenvalue weighted by molar-refractivity contribution is 0.646. The number of aromatic nitrogens is 2. The highest BCUT2D eigenvalue weighted by molar-refractivity contribution is 6.17. The molecule has 0 aliphatic rings. The zero-order valence-corrected chi connectivity index (χ0v) is 11.0. The Kier molecular flexibility index (Phi) is 3.85. The highest BCUT2D eigenvalue weighted by Crippen LogP contribution is 2.15. The Morgan fingerprint density at radius 3 is 2.65 bits per heavy atom. The minimum atomic E-state index is 0.539. The summed E-state index contributed by atoms with van der Waals surface area (Å²) in [7, 11) is 0. The highest BCUT2D eigenvalue weighted by atomic mass is 35.5. The molecule has 0 aliphatic heterocycles. The lowest BCUT2D eigenvalue weighted by Gasteiger charge is -2.09. The van der Waals surface area contributed by atoms with Gasteiger partial charge in [-0.15, -0.1) is 11.6 Å². The lowest BCUT2D eigenvalue weighted by atomic mass is 10.1. The third kappa shape index (κ3) is 2.52. The van der Waals surface area contributed by atoms with Crippen LogP contribution in [0.5, 0.6) is 0 Å². The maximum absolute atomic E-state index is 5.91. The van der Waals surface area contributed by atoms with Crippen molar-refractivity contribution in [2.75, 3.05) is 0 Å². The molecule has 0 amide bonds. The first-order valence-electron chi connectivity index (χ1n) is 5.90. The van der Waals surface area contributed by atoms with E-state index in [2.05, 4.69) is 47.9 Å². The van der Waals surface area contributed by atoms with Crippen molar-refractivity contribution < 1.29 is 0 Å². The molecule has 2 aromatic rings. The van der Waals surface area contributed by atoms with Crippen LogP contribution in [0.15, 0.2) is 30.5 Å². The molecule has 17 heavy (non-hydrogen) atoms. The van der Waals surface area contributed by atoms with E-state index in [4.69, 9.17) is 11.6 Å². The van der Waals surface area contributed by atoms with Crippen molar-refractivity contribution in [2.24, 2.45) is 0 Å². The molecule has 0 saturated heterocycles. The fraction of sp³-hybridized carbons (Fsp3) is 0.357. The Hall–Kier alpha value is -1.28. The summed E-state index contributed by atoms with van der Waals surface area (Å²) in [4.78, 5) is 0. The Morgan fingerprint density at radius 1 is 1.24 bits per heavy atom. The van der Waals surface area contributed by atoms with Crippen molar-refractivity contribution in [3.63, 3.8) is 0 Å². The van der Waals surface area contributed by atoms with Crippen molar-refractivity contribution in [3.8, 4) is 0 Å². The van der Waals surface area contributed by atoms with Crippen LogP contribution in [0.3, 0.4) is 0 Å². The van der Waals surface area contributed by atoms with E-state index in [1.165, 1.54) is 16.8 Å². The summed E-state index contributed by atoms with van der Waals surface area (Å²) < 4.78 is 2.06. The minimum absolute atomic E-state index is 0.539. The molecular formula is C14H17ClN2. The van der Waals surface area contributed by atoms with Crippen molar-refractivity contribution >= 4 is 11.6 Å². The van der Waals surface area contributed by atoms with Gasteiger partial charge >= 0.3 is 0 Å². The molecule has 90 valence electrons. The number of benzene rings is 1. The van der Waals surface area contributed by atoms with Crippen LogP contribution in [0.4, 0.5) is 0 Å². The summed E-state index contributed by atoms with van der Waals surface area (Å²) in [5.74, 6) is 0.539. The Labute approximate surface area is 107 Å². The van der Waals surface area contributed by atoms with Gasteiger partial charge in [-0.25, -0.2) is 0 Å². The standard InChI is InChI=1S/C14H17ClN2/c1-3-14-13(8-15)9-16-17(14)10-12-7-5-4-6-11(12)2/h4-7,9H,3,8,10H2,1-2H3. The summed E-state index contributed by atoms with van der Waals surface area (Å²) in [5.41, 5.74) is 5.00. The number of rotatable bonds is 4. The largest absolute Gasteiger partial charge is 0.265 e. The van der Waals surface area contributed by atoms with Gasteiger partial charge < -0.3 is 0 Å². The van der Waals surface area contributed by atoms with Gasteiger partial charge in [0.05, 0.1) is 18.6 Å². The molecule has 2 rings (SSSR count). The fourth-order valence-electron chi connectivity index (χ4n) is 2.06. The molecule has 0 N–H and O–H groups in total. The summed E-state index contributed by atoms with van der Waals surface area (Å²) in [6.45, 7) is 5.10. The van der Waals surface area contributed by atoms with Gasteiger partial charge in [-0.1, -0.05) is 31.2 Å². The maximum Gasteiger partial charge on any atom is 0.0665 e.